The van der Waals surface area contributed by atoms with Gasteiger partial charge in [-0.2, -0.15) is 0 Å². The van der Waals surface area contributed by atoms with Crippen LogP contribution >= 0.6 is 11.3 Å². The molecule has 0 bridgehead atoms. The average molecular weight is 389 g/mol. The highest BCUT2D eigenvalue weighted by atomic mass is 32.1. The van der Waals surface area contributed by atoms with Crippen LogP contribution in [0.15, 0.2) is 35.7 Å². The van der Waals surface area contributed by atoms with Crippen LogP contribution in [-0.4, -0.2) is 58.1 Å². The smallest absolute Gasteiger partial charge is 0.271 e. The highest BCUT2D eigenvalue weighted by molar-refractivity contribution is 7.13. The summed E-state index contributed by atoms with van der Waals surface area (Å²) in [7, 11) is 1.66. The van der Waals surface area contributed by atoms with Gasteiger partial charge in [-0.25, -0.2) is 4.98 Å². The van der Waals surface area contributed by atoms with E-state index in [9.17, 15) is 15.0 Å². The fourth-order valence-electron chi connectivity index (χ4n) is 2.77. The van der Waals surface area contributed by atoms with Crippen molar-refractivity contribution in [1.82, 2.24) is 14.9 Å². The molecule has 2 aromatic heterocycles. The lowest BCUT2D eigenvalue weighted by Gasteiger charge is -2.25. The zero-order valence-electron chi connectivity index (χ0n) is 15.3. The van der Waals surface area contributed by atoms with Crippen LogP contribution in [0, 0.1) is 0 Å². The molecule has 0 aliphatic rings. The minimum Gasteiger partial charge on any atom is -0.394 e. The van der Waals surface area contributed by atoms with E-state index in [4.69, 9.17) is 4.74 Å². The van der Waals surface area contributed by atoms with Crippen LogP contribution in [-0.2, 0) is 11.3 Å². The van der Waals surface area contributed by atoms with Gasteiger partial charge in [0.05, 0.1) is 31.1 Å². The minimum atomic E-state index is -1.09. The van der Waals surface area contributed by atoms with E-state index in [1.807, 2.05) is 24.3 Å². The number of aliphatic hydroxyl groups is 2. The second kappa shape index (κ2) is 8.18. The van der Waals surface area contributed by atoms with Crippen molar-refractivity contribution < 1.29 is 19.7 Å². The van der Waals surface area contributed by atoms with Crippen LogP contribution in [0.4, 0.5) is 0 Å². The average Bonchev–Trinajstić information content (AvgIpc) is 3.31. The predicted octanol–water partition coefficient (Wildman–Crippen LogP) is 1.88. The third-order valence-corrected chi connectivity index (χ3v) is 5.26. The quantitative estimate of drug-likeness (QED) is 0.547. The van der Waals surface area contributed by atoms with Crippen molar-refractivity contribution in [3.05, 3.63) is 41.4 Å². The van der Waals surface area contributed by atoms with Gasteiger partial charge in [-0.1, -0.05) is 18.2 Å². The van der Waals surface area contributed by atoms with Gasteiger partial charge in [0, 0.05) is 29.9 Å². The van der Waals surface area contributed by atoms with E-state index in [-0.39, 0.29) is 18.9 Å². The Labute approximate surface area is 161 Å². The molecule has 144 valence electrons. The van der Waals surface area contributed by atoms with Crippen molar-refractivity contribution in [2.24, 2.45) is 0 Å². The lowest BCUT2D eigenvalue weighted by atomic mass is 10.1. The van der Waals surface area contributed by atoms with E-state index in [2.05, 4.69) is 20.9 Å². The van der Waals surface area contributed by atoms with Crippen molar-refractivity contribution in [1.29, 1.82) is 0 Å². The summed E-state index contributed by atoms with van der Waals surface area (Å²) in [6.07, 6.45) is 0. The Hall–Kier alpha value is -2.26. The number of aromatic nitrogens is 2. The summed E-state index contributed by atoms with van der Waals surface area (Å²) in [6, 6.07) is 10.1. The van der Waals surface area contributed by atoms with Crippen LogP contribution in [0.25, 0.3) is 21.6 Å². The van der Waals surface area contributed by atoms with Crippen LogP contribution in [0.3, 0.4) is 0 Å². The van der Waals surface area contributed by atoms with E-state index in [1.54, 1.807) is 19.4 Å². The SMILES string of the molecule is COCCn1c(-c2nc(C(=O)NC(C)(CO)CO)cs2)cc2ccccc21. The predicted molar refractivity (Wildman–Crippen MR) is 105 cm³/mol. The Morgan fingerprint density at radius 3 is 2.78 bits per heavy atom. The van der Waals surface area contributed by atoms with Gasteiger partial charge in [-0.15, -0.1) is 11.3 Å². The maximum atomic E-state index is 12.4. The van der Waals surface area contributed by atoms with E-state index < -0.39 is 11.4 Å². The molecule has 0 aliphatic carbocycles. The fraction of sp³-hybridized carbons (Fsp3) is 0.368. The van der Waals surface area contributed by atoms with Crippen molar-refractivity contribution in [2.75, 3.05) is 26.9 Å². The monoisotopic (exact) mass is 389 g/mol. The molecule has 1 aromatic carbocycles. The van der Waals surface area contributed by atoms with Crippen molar-refractivity contribution in [3.8, 4) is 10.7 Å². The minimum absolute atomic E-state index is 0.256. The number of carbonyl (C=O) groups is 1. The molecular weight excluding hydrogens is 366 g/mol. The summed E-state index contributed by atoms with van der Waals surface area (Å²) >= 11 is 1.38. The molecule has 0 aliphatic heterocycles. The molecule has 0 saturated carbocycles. The number of rotatable bonds is 8. The number of para-hydroxylation sites is 1. The first-order valence-electron chi connectivity index (χ1n) is 8.58. The standard InChI is InChI=1S/C19H23N3O4S/c1-19(11-23,12-24)21-17(25)14-10-27-18(20-14)16-9-13-5-3-4-6-15(13)22(16)7-8-26-2/h3-6,9-10,23-24H,7-8,11-12H2,1-2H3,(H,21,25). The van der Waals surface area contributed by atoms with Crippen LogP contribution in [0.2, 0.25) is 0 Å². The number of benzene rings is 1. The molecule has 0 saturated heterocycles. The van der Waals surface area contributed by atoms with Gasteiger partial charge in [0.1, 0.15) is 10.7 Å². The highest BCUT2D eigenvalue weighted by Crippen LogP contribution is 2.30. The number of carbonyl (C=O) groups excluding carboxylic acids is 1. The Bertz CT molecular complexity index is 930. The number of nitrogens with zero attached hydrogens (tertiary/aromatic N) is 2. The van der Waals surface area contributed by atoms with Gasteiger partial charge in [0.25, 0.3) is 5.91 Å². The first-order chi connectivity index (χ1) is 13.0. The lowest BCUT2D eigenvalue weighted by Crippen LogP contribution is -2.51. The molecule has 0 atom stereocenters. The number of methoxy groups -OCH3 is 1. The number of amides is 1. The zero-order valence-corrected chi connectivity index (χ0v) is 16.1. The molecule has 0 unspecified atom stereocenters. The normalized spacial score (nSPS) is 11.9. The summed E-state index contributed by atoms with van der Waals surface area (Å²) < 4.78 is 7.36. The van der Waals surface area contributed by atoms with Crippen molar-refractivity contribution in [2.45, 2.75) is 19.0 Å². The summed E-state index contributed by atoms with van der Waals surface area (Å²) in [5, 5.41) is 24.8. The third kappa shape index (κ3) is 4.03. The molecular formula is C19H23N3O4S. The number of thiazole rings is 1. The number of fused-ring (bicyclic) bond motifs is 1. The molecule has 2 heterocycles. The summed E-state index contributed by atoms with van der Waals surface area (Å²) in [5.41, 5.74) is 1.17. The number of ether oxygens (including phenoxy) is 1. The maximum absolute atomic E-state index is 12.4. The van der Waals surface area contributed by atoms with E-state index in [0.29, 0.717) is 13.2 Å². The maximum Gasteiger partial charge on any atom is 0.271 e. The van der Waals surface area contributed by atoms with Crippen molar-refractivity contribution >= 4 is 28.1 Å². The Kier molecular flexibility index (Phi) is 5.91. The molecule has 0 fully saturated rings. The zero-order chi connectivity index (χ0) is 19.4. The van der Waals surface area contributed by atoms with Crippen LogP contribution < -0.4 is 5.32 Å². The molecule has 3 rings (SSSR count). The lowest BCUT2D eigenvalue weighted by molar-refractivity contribution is 0.0720. The first kappa shape index (κ1) is 19.5. The van der Waals surface area contributed by atoms with Gasteiger partial charge in [-0.05, 0) is 19.1 Å². The molecule has 1 amide bonds. The van der Waals surface area contributed by atoms with Gasteiger partial charge < -0.3 is 24.8 Å². The molecule has 8 heteroatoms. The van der Waals surface area contributed by atoms with Gasteiger partial charge in [0.2, 0.25) is 0 Å². The van der Waals surface area contributed by atoms with E-state index in [1.165, 1.54) is 11.3 Å². The van der Waals surface area contributed by atoms with Crippen LogP contribution in [0.1, 0.15) is 17.4 Å². The molecule has 27 heavy (non-hydrogen) atoms. The Morgan fingerprint density at radius 1 is 1.33 bits per heavy atom. The van der Waals surface area contributed by atoms with E-state index >= 15 is 0 Å². The largest absolute Gasteiger partial charge is 0.394 e. The summed E-state index contributed by atoms with van der Waals surface area (Å²) in [5.74, 6) is -0.428. The van der Waals surface area contributed by atoms with Gasteiger partial charge in [-0.3, -0.25) is 4.79 Å². The van der Waals surface area contributed by atoms with Crippen molar-refractivity contribution in [3.63, 3.8) is 0 Å². The number of hydrogen-bond acceptors (Lipinski definition) is 6. The number of aliphatic hydroxyl groups excluding tert-OH is 2. The summed E-state index contributed by atoms with van der Waals surface area (Å²) in [6.45, 7) is 2.08. The molecule has 7 nitrogen and oxygen atoms in total. The van der Waals surface area contributed by atoms with Gasteiger partial charge >= 0.3 is 0 Å². The Morgan fingerprint density at radius 2 is 2.07 bits per heavy atom. The highest BCUT2D eigenvalue weighted by Gasteiger charge is 2.26. The van der Waals surface area contributed by atoms with Crippen LogP contribution in [0.5, 0.6) is 0 Å². The molecule has 3 aromatic rings. The topological polar surface area (TPSA) is 96.6 Å². The van der Waals surface area contributed by atoms with E-state index in [0.717, 1.165) is 21.6 Å². The fourth-order valence-corrected chi connectivity index (χ4v) is 3.60. The first-order valence-corrected chi connectivity index (χ1v) is 9.46. The summed E-state index contributed by atoms with van der Waals surface area (Å²) in [4.78, 5) is 16.9. The second-order valence-electron chi connectivity index (χ2n) is 6.60. The molecule has 0 radical (unpaired) electrons. The molecule has 0 spiro atoms. The number of hydrogen-bond donors (Lipinski definition) is 3. The number of nitrogens with one attached hydrogen (secondary N) is 1. The third-order valence-electron chi connectivity index (χ3n) is 4.40. The Balaban J connectivity index is 1.93. The second-order valence-corrected chi connectivity index (χ2v) is 7.46. The molecule has 3 N–H and O–H groups in total. The van der Waals surface area contributed by atoms with Gasteiger partial charge in [0.15, 0.2) is 0 Å².